The van der Waals surface area contributed by atoms with Crippen molar-refractivity contribution in [2.45, 2.75) is 13.8 Å². The van der Waals surface area contributed by atoms with Crippen molar-refractivity contribution in [3.8, 4) is 5.75 Å². The summed E-state index contributed by atoms with van der Waals surface area (Å²) >= 11 is 0. The molecule has 0 atom stereocenters. The molecule has 0 spiro atoms. The van der Waals surface area contributed by atoms with Gasteiger partial charge in [0.25, 0.3) is 5.91 Å². The summed E-state index contributed by atoms with van der Waals surface area (Å²) in [6, 6.07) is 11.2. The van der Waals surface area contributed by atoms with Crippen LogP contribution in [0.2, 0.25) is 0 Å². The first-order valence-corrected chi connectivity index (χ1v) is 6.79. The second-order valence-corrected chi connectivity index (χ2v) is 4.71. The molecular weight excluding hydrogens is 269 g/mol. The molecule has 0 aromatic heterocycles. The molecule has 0 aliphatic carbocycles. The summed E-state index contributed by atoms with van der Waals surface area (Å²) in [5.41, 5.74) is 2.19. The summed E-state index contributed by atoms with van der Waals surface area (Å²) in [5, 5.41) is 0. The van der Waals surface area contributed by atoms with Crippen molar-refractivity contribution < 1.29 is 13.9 Å². The molecule has 21 heavy (non-hydrogen) atoms. The molecule has 2 rings (SSSR count). The van der Waals surface area contributed by atoms with Crippen molar-refractivity contribution in [2.75, 3.05) is 18.6 Å². The molecule has 0 saturated heterocycles. The molecule has 0 saturated carbocycles. The van der Waals surface area contributed by atoms with Gasteiger partial charge >= 0.3 is 0 Å². The molecule has 0 aliphatic rings. The Balaban J connectivity index is 2.34. The van der Waals surface area contributed by atoms with Crippen molar-refractivity contribution in [1.82, 2.24) is 0 Å². The van der Waals surface area contributed by atoms with E-state index >= 15 is 0 Å². The van der Waals surface area contributed by atoms with E-state index in [4.69, 9.17) is 4.74 Å². The van der Waals surface area contributed by atoms with Crippen molar-refractivity contribution in [3.63, 3.8) is 0 Å². The molecule has 0 fully saturated rings. The van der Waals surface area contributed by atoms with E-state index in [1.165, 1.54) is 12.1 Å². The number of halogens is 1. The molecule has 3 nitrogen and oxygen atoms in total. The first-order chi connectivity index (χ1) is 10.1. The van der Waals surface area contributed by atoms with Gasteiger partial charge in [-0.3, -0.25) is 4.79 Å². The van der Waals surface area contributed by atoms with E-state index in [0.29, 0.717) is 23.5 Å². The van der Waals surface area contributed by atoms with Gasteiger partial charge in [0, 0.05) is 17.8 Å². The zero-order valence-electron chi connectivity index (χ0n) is 12.4. The Bertz CT molecular complexity index is 638. The molecule has 4 heteroatoms. The van der Waals surface area contributed by atoms with Gasteiger partial charge < -0.3 is 9.64 Å². The van der Waals surface area contributed by atoms with Gasteiger partial charge in [0.2, 0.25) is 0 Å². The molecule has 2 aromatic carbocycles. The number of methoxy groups -OCH3 is 1. The topological polar surface area (TPSA) is 29.5 Å². The standard InChI is InChI=1S/C17H18FNO2/c1-4-19(15-9-7-14(18)8-10-15)17(20)13-6-5-12(2)16(11-13)21-3/h5-11H,4H2,1-3H3. The summed E-state index contributed by atoms with van der Waals surface area (Å²) in [7, 11) is 1.58. The molecule has 0 N–H and O–H groups in total. The van der Waals surface area contributed by atoms with Crippen LogP contribution in [0.15, 0.2) is 42.5 Å². The molecule has 0 aliphatic heterocycles. The fraction of sp³-hybridized carbons (Fsp3) is 0.235. The van der Waals surface area contributed by atoms with Crippen LogP contribution in [0, 0.1) is 12.7 Å². The third-order valence-electron chi connectivity index (χ3n) is 3.35. The highest BCUT2D eigenvalue weighted by molar-refractivity contribution is 6.06. The number of carbonyl (C=O) groups is 1. The second kappa shape index (κ2) is 6.39. The predicted molar refractivity (Wildman–Crippen MR) is 81.5 cm³/mol. The van der Waals surface area contributed by atoms with Crippen LogP contribution in [-0.4, -0.2) is 19.6 Å². The summed E-state index contributed by atoms with van der Waals surface area (Å²) in [5.74, 6) is 0.220. The SMILES string of the molecule is CCN(C(=O)c1ccc(C)c(OC)c1)c1ccc(F)cc1. The van der Waals surface area contributed by atoms with Crippen LogP contribution < -0.4 is 9.64 Å². The number of hydrogen-bond acceptors (Lipinski definition) is 2. The van der Waals surface area contributed by atoms with Crippen molar-refractivity contribution >= 4 is 11.6 Å². The number of aryl methyl sites for hydroxylation is 1. The summed E-state index contributed by atoms with van der Waals surface area (Å²) in [4.78, 5) is 14.2. The maximum Gasteiger partial charge on any atom is 0.258 e. The second-order valence-electron chi connectivity index (χ2n) is 4.71. The predicted octanol–water partition coefficient (Wildman–Crippen LogP) is 3.81. The molecule has 110 valence electrons. The van der Waals surface area contributed by atoms with Crippen LogP contribution >= 0.6 is 0 Å². The van der Waals surface area contributed by atoms with Crippen LogP contribution in [0.3, 0.4) is 0 Å². The number of benzene rings is 2. The molecule has 0 unspecified atom stereocenters. The number of nitrogens with zero attached hydrogens (tertiary/aromatic N) is 1. The Morgan fingerprint density at radius 2 is 1.86 bits per heavy atom. The highest BCUT2D eigenvalue weighted by atomic mass is 19.1. The van der Waals surface area contributed by atoms with E-state index in [1.807, 2.05) is 19.9 Å². The van der Waals surface area contributed by atoms with Gasteiger partial charge in [0.15, 0.2) is 0 Å². The van der Waals surface area contributed by atoms with Crippen LogP contribution in [0.5, 0.6) is 5.75 Å². The number of carbonyl (C=O) groups excluding carboxylic acids is 1. The fourth-order valence-electron chi connectivity index (χ4n) is 2.17. The monoisotopic (exact) mass is 287 g/mol. The van der Waals surface area contributed by atoms with Gasteiger partial charge in [0.1, 0.15) is 11.6 Å². The minimum Gasteiger partial charge on any atom is -0.496 e. The Hall–Kier alpha value is -2.36. The number of rotatable bonds is 4. The largest absolute Gasteiger partial charge is 0.496 e. The normalized spacial score (nSPS) is 10.3. The highest BCUT2D eigenvalue weighted by Gasteiger charge is 2.17. The molecule has 0 heterocycles. The summed E-state index contributed by atoms with van der Waals surface area (Å²) in [6.07, 6.45) is 0. The zero-order valence-corrected chi connectivity index (χ0v) is 12.4. The lowest BCUT2D eigenvalue weighted by atomic mass is 10.1. The van der Waals surface area contributed by atoms with E-state index in [0.717, 1.165) is 5.56 Å². The van der Waals surface area contributed by atoms with Gasteiger partial charge in [-0.25, -0.2) is 4.39 Å². The van der Waals surface area contributed by atoms with Gasteiger partial charge in [-0.2, -0.15) is 0 Å². The van der Waals surface area contributed by atoms with Crippen LogP contribution in [0.1, 0.15) is 22.8 Å². The lowest BCUT2D eigenvalue weighted by Crippen LogP contribution is -2.30. The van der Waals surface area contributed by atoms with Crippen LogP contribution in [-0.2, 0) is 0 Å². The number of amides is 1. The molecular formula is C17H18FNO2. The van der Waals surface area contributed by atoms with Gasteiger partial charge in [-0.1, -0.05) is 6.07 Å². The van der Waals surface area contributed by atoms with Crippen molar-refractivity contribution in [2.24, 2.45) is 0 Å². The van der Waals surface area contributed by atoms with Crippen molar-refractivity contribution in [1.29, 1.82) is 0 Å². The van der Waals surface area contributed by atoms with E-state index in [1.54, 1.807) is 36.3 Å². The average Bonchev–Trinajstić information content (AvgIpc) is 2.50. The number of ether oxygens (including phenoxy) is 1. The first kappa shape index (κ1) is 15.0. The van der Waals surface area contributed by atoms with E-state index in [9.17, 15) is 9.18 Å². The Labute approximate surface area is 124 Å². The van der Waals surface area contributed by atoms with Crippen LogP contribution in [0.4, 0.5) is 10.1 Å². The summed E-state index contributed by atoms with van der Waals surface area (Å²) < 4.78 is 18.3. The number of anilines is 1. The lowest BCUT2D eigenvalue weighted by Gasteiger charge is -2.21. The van der Waals surface area contributed by atoms with E-state index in [-0.39, 0.29) is 11.7 Å². The third kappa shape index (κ3) is 3.21. The van der Waals surface area contributed by atoms with Gasteiger partial charge in [0.05, 0.1) is 7.11 Å². The van der Waals surface area contributed by atoms with E-state index in [2.05, 4.69) is 0 Å². The molecule has 0 radical (unpaired) electrons. The maximum absolute atomic E-state index is 13.0. The number of hydrogen-bond donors (Lipinski definition) is 0. The lowest BCUT2D eigenvalue weighted by molar-refractivity contribution is 0.0988. The average molecular weight is 287 g/mol. The van der Waals surface area contributed by atoms with Crippen molar-refractivity contribution in [3.05, 3.63) is 59.4 Å². The van der Waals surface area contributed by atoms with Gasteiger partial charge in [-0.05, 0) is 55.8 Å². The van der Waals surface area contributed by atoms with Gasteiger partial charge in [-0.15, -0.1) is 0 Å². The quantitative estimate of drug-likeness (QED) is 0.855. The molecule has 2 aromatic rings. The first-order valence-electron chi connectivity index (χ1n) is 6.79. The Morgan fingerprint density at radius 3 is 2.43 bits per heavy atom. The minimum absolute atomic E-state index is 0.137. The minimum atomic E-state index is -0.320. The third-order valence-corrected chi connectivity index (χ3v) is 3.35. The van der Waals surface area contributed by atoms with E-state index < -0.39 is 0 Å². The summed E-state index contributed by atoms with van der Waals surface area (Å²) in [6.45, 7) is 4.30. The van der Waals surface area contributed by atoms with Crippen LogP contribution in [0.25, 0.3) is 0 Å². The smallest absolute Gasteiger partial charge is 0.258 e. The Kier molecular flexibility index (Phi) is 4.58. The highest BCUT2D eigenvalue weighted by Crippen LogP contribution is 2.22. The molecule has 0 bridgehead atoms. The Morgan fingerprint density at radius 1 is 1.19 bits per heavy atom. The fourth-order valence-corrected chi connectivity index (χ4v) is 2.17. The molecule has 1 amide bonds. The zero-order chi connectivity index (χ0) is 15.4. The maximum atomic E-state index is 13.0.